The highest BCUT2D eigenvalue weighted by Gasteiger charge is 2.29. The van der Waals surface area contributed by atoms with Crippen LogP contribution in [0.2, 0.25) is 0 Å². The van der Waals surface area contributed by atoms with Crippen LogP contribution in [0.5, 0.6) is 17.2 Å². The van der Waals surface area contributed by atoms with Crippen LogP contribution in [0.25, 0.3) is 0 Å². The van der Waals surface area contributed by atoms with E-state index in [1.165, 1.54) is 0 Å². The molecule has 0 aromatic heterocycles. The topological polar surface area (TPSA) is 222 Å². The number of aromatic hydroxyl groups is 3. The van der Waals surface area contributed by atoms with Gasteiger partial charge in [0.1, 0.15) is 24.4 Å². The molecule has 0 radical (unpaired) electrons. The second-order valence-electron chi connectivity index (χ2n) is 5.10. The lowest BCUT2D eigenvalue weighted by atomic mass is 10.0. The van der Waals surface area contributed by atoms with E-state index < -0.39 is 60.2 Å². The van der Waals surface area contributed by atoms with Crippen LogP contribution in [-0.2, 0) is 14.3 Å². The molecule has 0 aliphatic carbocycles. The average molecular weight is 392 g/mol. The first kappa shape index (κ1) is 24.2. The Balaban J connectivity index is 0.000000516. The summed E-state index contributed by atoms with van der Waals surface area (Å²) in [5, 5.41) is 70.6. The van der Waals surface area contributed by atoms with Crippen molar-refractivity contribution in [3.8, 4) is 17.2 Å². The number of carbonyl (C=O) groups is 3. The fraction of sp³-hybridized carbons (Fsp3) is 0.400. The number of aliphatic hydroxyl groups excluding tert-OH is 5. The summed E-state index contributed by atoms with van der Waals surface area (Å²) in [6.45, 7) is 0.280. The van der Waals surface area contributed by atoms with E-state index in [2.05, 4.69) is 4.74 Å². The molecule has 0 saturated carbocycles. The van der Waals surface area contributed by atoms with Crippen molar-refractivity contribution >= 4 is 18.2 Å². The molecular weight excluding hydrogens is 372 g/mol. The van der Waals surface area contributed by atoms with E-state index in [4.69, 9.17) is 40.9 Å². The first-order chi connectivity index (χ1) is 12.5. The quantitative estimate of drug-likeness (QED) is 0.106. The molecule has 12 nitrogen and oxygen atoms in total. The second-order valence-corrected chi connectivity index (χ2v) is 5.10. The van der Waals surface area contributed by atoms with Crippen molar-refractivity contribution in [1.82, 2.24) is 0 Å². The summed E-state index contributed by atoms with van der Waals surface area (Å²) in [7, 11) is 0. The van der Waals surface area contributed by atoms with E-state index in [1.807, 2.05) is 0 Å². The van der Waals surface area contributed by atoms with Gasteiger partial charge in [-0.15, -0.1) is 0 Å². The number of esters is 2. The largest absolute Gasteiger partial charge is 0.504 e. The van der Waals surface area contributed by atoms with Crippen LogP contribution in [-0.4, -0.2) is 90.1 Å². The highest BCUT2D eigenvalue weighted by molar-refractivity contribution is 5.97. The molecule has 4 unspecified atom stereocenters. The van der Waals surface area contributed by atoms with Gasteiger partial charge in [0, 0.05) is 6.92 Å². The van der Waals surface area contributed by atoms with E-state index in [-0.39, 0.29) is 11.8 Å². The van der Waals surface area contributed by atoms with Gasteiger partial charge in [-0.3, -0.25) is 4.79 Å². The minimum absolute atomic E-state index is 0.0258. The van der Waals surface area contributed by atoms with Gasteiger partial charge >= 0.3 is 11.9 Å². The summed E-state index contributed by atoms with van der Waals surface area (Å²) in [5.74, 6) is -3.93. The van der Waals surface area contributed by atoms with Gasteiger partial charge in [0.25, 0.3) is 0 Å². The Kier molecular flexibility index (Phi) is 9.92. The van der Waals surface area contributed by atoms with Crippen LogP contribution in [0.4, 0.5) is 0 Å². The third kappa shape index (κ3) is 7.55. The second kappa shape index (κ2) is 11.1. The minimum Gasteiger partial charge on any atom is -0.504 e. The van der Waals surface area contributed by atoms with Crippen LogP contribution in [0.15, 0.2) is 12.1 Å². The van der Waals surface area contributed by atoms with E-state index in [9.17, 15) is 14.4 Å². The third-order valence-corrected chi connectivity index (χ3v) is 2.96. The first-order valence-corrected chi connectivity index (χ1v) is 7.22. The third-order valence-electron chi connectivity index (χ3n) is 2.96. The predicted molar refractivity (Wildman–Crippen MR) is 84.7 cm³/mol. The molecule has 0 bridgehead atoms. The molecule has 0 fully saturated rings. The molecule has 0 amide bonds. The summed E-state index contributed by atoms with van der Waals surface area (Å²) in [5.41, 5.74) is -0.238. The van der Waals surface area contributed by atoms with Crippen LogP contribution in [0.3, 0.4) is 0 Å². The number of ether oxygens (including phenoxy) is 1. The summed E-state index contributed by atoms with van der Waals surface area (Å²) < 4.78 is 4.20. The fourth-order valence-corrected chi connectivity index (χ4v) is 1.53. The maximum absolute atomic E-state index is 11.1. The van der Waals surface area contributed by atoms with Crippen molar-refractivity contribution in [2.24, 2.45) is 0 Å². The maximum Gasteiger partial charge on any atom is 0.346 e. The predicted octanol–water partition coefficient (Wildman–Crippen LogP) is -2.87. The zero-order valence-electron chi connectivity index (χ0n) is 14.0. The van der Waals surface area contributed by atoms with Crippen molar-refractivity contribution in [3.63, 3.8) is 0 Å². The molecular formula is C15H20O12. The number of aldehydes is 1. The van der Waals surface area contributed by atoms with Crippen LogP contribution in [0.1, 0.15) is 17.3 Å². The number of aliphatic hydroxyl groups is 5. The molecule has 0 spiro atoms. The standard InChI is InChI=1S/C9H8O6.C6H12O6/c1-4(10)15-9(14)5-2-6(11)8(13)7(12)3-5;7-1-3(9)5(11)6(12)4(10)2-8/h2-3,11-13H,1H3;1,3-6,8-12H,2H2. The van der Waals surface area contributed by atoms with Crippen molar-refractivity contribution in [3.05, 3.63) is 17.7 Å². The van der Waals surface area contributed by atoms with Gasteiger partial charge in [0.2, 0.25) is 0 Å². The number of hydrogen-bond acceptors (Lipinski definition) is 12. The molecule has 0 aliphatic rings. The van der Waals surface area contributed by atoms with Crippen molar-refractivity contribution in [2.45, 2.75) is 31.3 Å². The number of phenolic OH excluding ortho intramolecular Hbond substituents is 3. The zero-order chi connectivity index (χ0) is 21.3. The smallest absolute Gasteiger partial charge is 0.346 e. The SMILES string of the molecule is CC(=O)OC(=O)c1cc(O)c(O)c(O)c1.O=CC(O)C(O)C(O)C(O)CO. The normalized spacial score (nSPS) is 14.7. The highest BCUT2D eigenvalue weighted by atomic mass is 16.6. The molecule has 12 heteroatoms. The lowest BCUT2D eigenvalue weighted by molar-refractivity contribution is -0.136. The molecule has 8 N–H and O–H groups in total. The maximum atomic E-state index is 11.1. The Bertz CT molecular complexity index is 635. The van der Waals surface area contributed by atoms with E-state index >= 15 is 0 Å². The Morgan fingerprint density at radius 3 is 1.89 bits per heavy atom. The van der Waals surface area contributed by atoms with Gasteiger partial charge in [-0.25, -0.2) is 4.79 Å². The number of phenols is 3. The van der Waals surface area contributed by atoms with Gasteiger partial charge in [-0.2, -0.15) is 0 Å². The summed E-state index contributed by atoms with van der Waals surface area (Å²) in [4.78, 5) is 31.5. The Morgan fingerprint density at radius 2 is 1.52 bits per heavy atom. The van der Waals surface area contributed by atoms with Crippen molar-refractivity contribution in [1.29, 1.82) is 0 Å². The van der Waals surface area contributed by atoms with E-state index in [1.54, 1.807) is 0 Å². The molecule has 0 heterocycles. The van der Waals surface area contributed by atoms with Crippen LogP contribution in [0, 0.1) is 0 Å². The van der Waals surface area contributed by atoms with Crippen molar-refractivity contribution < 1.29 is 60.0 Å². The summed E-state index contributed by atoms with van der Waals surface area (Å²) in [6.07, 6.45) is -6.84. The van der Waals surface area contributed by atoms with Gasteiger partial charge < -0.3 is 50.4 Å². The first-order valence-electron chi connectivity index (χ1n) is 7.22. The molecule has 27 heavy (non-hydrogen) atoms. The lowest BCUT2D eigenvalue weighted by Gasteiger charge is -2.22. The Labute approximate surface area is 152 Å². The van der Waals surface area contributed by atoms with Crippen molar-refractivity contribution in [2.75, 3.05) is 6.61 Å². The molecule has 0 saturated heterocycles. The van der Waals surface area contributed by atoms with Crippen LogP contribution < -0.4 is 0 Å². The Hall–Kier alpha value is -2.77. The average Bonchev–Trinajstić information content (AvgIpc) is 2.62. The van der Waals surface area contributed by atoms with E-state index in [0.717, 1.165) is 19.1 Å². The molecule has 1 rings (SSSR count). The number of hydrogen-bond donors (Lipinski definition) is 8. The minimum atomic E-state index is -1.79. The number of carbonyl (C=O) groups excluding carboxylic acids is 3. The number of rotatable bonds is 6. The molecule has 152 valence electrons. The zero-order valence-corrected chi connectivity index (χ0v) is 14.0. The van der Waals surface area contributed by atoms with Crippen LogP contribution >= 0.6 is 0 Å². The fourth-order valence-electron chi connectivity index (χ4n) is 1.53. The summed E-state index contributed by atoms with van der Waals surface area (Å²) in [6, 6.07) is 1.75. The number of benzene rings is 1. The summed E-state index contributed by atoms with van der Waals surface area (Å²) >= 11 is 0. The van der Waals surface area contributed by atoms with Gasteiger partial charge in [0.15, 0.2) is 23.5 Å². The van der Waals surface area contributed by atoms with Gasteiger partial charge in [0.05, 0.1) is 12.2 Å². The monoisotopic (exact) mass is 392 g/mol. The highest BCUT2D eigenvalue weighted by Crippen LogP contribution is 2.35. The lowest BCUT2D eigenvalue weighted by Crippen LogP contribution is -2.46. The molecule has 1 aromatic carbocycles. The molecule has 1 aromatic rings. The van der Waals surface area contributed by atoms with E-state index in [0.29, 0.717) is 0 Å². The molecule has 0 aliphatic heterocycles. The Morgan fingerprint density at radius 1 is 1.04 bits per heavy atom. The molecule has 4 atom stereocenters. The van der Waals surface area contributed by atoms with Gasteiger partial charge in [-0.05, 0) is 12.1 Å². The van der Waals surface area contributed by atoms with Gasteiger partial charge in [-0.1, -0.05) is 0 Å².